The molecule has 0 fully saturated rings. The highest BCUT2D eigenvalue weighted by atomic mass is 32.2. The first-order valence-corrected chi connectivity index (χ1v) is 11.0. The molecule has 0 aliphatic carbocycles. The molecule has 4 aromatic rings. The Balaban J connectivity index is 1.75. The zero-order valence-corrected chi connectivity index (χ0v) is 18.1. The molecule has 7 heteroatoms. The third-order valence-corrected chi connectivity index (χ3v) is 5.94. The summed E-state index contributed by atoms with van der Waals surface area (Å²) < 4.78 is 7.14. The molecule has 6 nitrogen and oxygen atoms in total. The number of aromatic nitrogens is 4. The highest BCUT2D eigenvalue weighted by Gasteiger charge is 2.20. The normalized spacial score (nSPS) is 12.4. The molecule has 2 aromatic carbocycles. The number of rotatable bonds is 7. The average Bonchev–Trinajstić information content (AvgIpc) is 3.23. The molecule has 4 rings (SSSR count). The van der Waals surface area contributed by atoms with Crippen molar-refractivity contribution in [1.82, 2.24) is 19.7 Å². The SMILES string of the molecule is CCCCc1noc(C(C)Sc2nc3ccccc3c(=O)n2-c2ccc(C)cc2)n1. The number of aryl methyl sites for hydroxylation is 2. The maximum absolute atomic E-state index is 13.3. The molecule has 0 N–H and O–H groups in total. The standard InChI is InChI=1S/C23H24N4O2S/c1-4-5-10-20-25-21(29-26-20)16(3)30-23-24-19-9-7-6-8-18(19)22(28)27(23)17-13-11-15(2)12-14-17/h6-9,11-14,16H,4-5,10H2,1-3H3. The maximum atomic E-state index is 13.3. The Morgan fingerprint density at radius 1 is 1.10 bits per heavy atom. The second-order valence-electron chi connectivity index (χ2n) is 7.30. The Kier molecular flexibility index (Phi) is 5.99. The van der Waals surface area contributed by atoms with E-state index in [1.165, 1.54) is 11.8 Å². The van der Waals surface area contributed by atoms with Crippen LogP contribution in [0.1, 0.15) is 49.2 Å². The number of nitrogens with zero attached hydrogens (tertiary/aromatic N) is 4. The van der Waals surface area contributed by atoms with Crippen LogP contribution >= 0.6 is 11.8 Å². The monoisotopic (exact) mass is 420 g/mol. The zero-order valence-electron chi connectivity index (χ0n) is 17.3. The topological polar surface area (TPSA) is 73.8 Å². The Morgan fingerprint density at radius 2 is 1.87 bits per heavy atom. The molecular formula is C23H24N4O2S. The third kappa shape index (κ3) is 4.16. The summed E-state index contributed by atoms with van der Waals surface area (Å²) in [6.45, 7) is 6.15. The van der Waals surface area contributed by atoms with Gasteiger partial charge in [0, 0.05) is 6.42 Å². The van der Waals surface area contributed by atoms with Gasteiger partial charge in [-0.3, -0.25) is 9.36 Å². The van der Waals surface area contributed by atoms with E-state index in [1.54, 1.807) is 4.57 Å². The van der Waals surface area contributed by atoms with Crippen LogP contribution in [0.5, 0.6) is 0 Å². The molecule has 154 valence electrons. The van der Waals surface area contributed by atoms with Gasteiger partial charge in [0.15, 0.2) is 11.0 Å². The summed E-state index contributed by atoms with van der Waals surface area (Å²) in [7, 11) is 0. The van der Waals surface area contributed by atoms with Gasteiger partial charge in [0.05, 0.1) is 21.8 Å². The minimum atomic E-state index is -0.141. The van der Waals surface area contributed by atoms with Gasteiger partial charge in [-0.15, -0.1) is 0 Å². The molecule has 1 unspecified atom stereocenters. The molecule has 0 spiro atoms. The van der Waals surface area contributed by atoms with Crippen LogP contribution in [0.15, 0.2) is 63.0 Å². The van der Waals surface area contributed by atoms with Crippen molar-refractivity contribution >= 4 is 22.7 Å². The molecule has 30 heavy (non-hydrogen) atoms. The van der Waals surface area contributed by atoms with E-state index >= 15 is 0 Å². The van der Waals surface area contributed by atoms with Crippen molar-refractivity contribution < 1.29 is 4.52 Å². The number of benzene rings is 2. The fourth-order valence-electron chi connectivity index (χ4n) is 3.19. The molecular weight excluding hydrogens is 396 g/mol. The van der Waals surface area contributed by atoms with Crippen molar-refractivity contribution in [3.05, 3.63) is 76.2 Å². The predicted octanol–water partition coefficient (Wildman–Crippen LogP) is 5.27. The van der Waals surface area contributed by atoms with Crippen molar-refractivity contribution in [2.45, 2.75) is 50.4 Å². The smallest absolute Gasteiger partial charge is 0.266 e. The lowest BCUT2D eigenvalue weighted by atomic mass is 10.2. The summed E-state index contributed by atoms with van der Waals surface area (Å²) in [4.78, 5) is 22.7. The molecule has 0 radical (unpaired) electrons. The van der Waals surface area contributed by atoms with Crippen LogP contribution in [0.3, 0.4) is 0 Å². The van der Waals surface area contributed by atoms with E-state index in [2.05, 4.69) is 17.1 Å². The average molecular weight is 421 g/mol. The van der Waals surface area contributed by atoms with E-state index < -0.39 is 0 Å². The number of unbranched alkanes of at least 4 members (excludes halogenated alkanes) is 1. The first-order valence-electron chi connectivity index (χ1n) is 10.1. The van der Waals surface area contributed by atoms with E-state index in [0.717, 1.165) is 36.3 Å². The molecule has 1 atom stereocenters. The van der Waals surface area contributed by atoms with Gasteiger partial charge in [-0.05, 0) is 44.5 Å². The first kappa shape index (κ1) is 20.3. The van der Waals surface area contributed by atoms with Gasteiger partial charge in [-0.2, -0.15) is 4.98 Å². The predicted molar refractivity (Wildman–Crippen MR) is 119 cm³/mol. The lowest BCUT2D eigenvalue weighted by molar-refractivity contribution is 0.374. The Morgan fingerprint density at radius 3 is 2.63 bits per heavy atom. The second-order valence-corrected chi connectivity index (χ2v) is 8.61. The minimum absolute atomic E-state index is 0.0895. The van der Waals surface area contributed by atoms with E-state index in [9.17, 15) is 4.79 Å². The molecule has 0 bridgehead atoms. The van der Waals surface area contributed by atoms with Crippen LogP contribution in [0.25, 0.3) is 16.6 Å². The third-order valence-electron chi connectivity index (χ3n) is 4.90. The number of hydrogen-bond donors (Lipinski definition) is 0. The van der Waals surface area contributed by atoms with Gasteiger partial charge in [0.1, 0.15) is 0 Å². The maximum Gasteiger partial charge on any atom is 0.266 e. The van der Waals surface area contributed by atoms with Crippen molar-refractivity contribution in [2.24, 2.45) is 0 Å². The summed E-state index contributed by atoms with van der Waals surface area (Å²) in [6, 6.07) is 15.3. The quantitative estimate of drug-likeness (QED) is 0.299. The Hall–Kier alpha value is -2.93. The van der Waals surface area contributed by atoms with E-state index in [-0.39, 0.29) is 10.8 Å². The summed E-state index contributed by atoms with van der Waals surface area (Å²) in [5.41, 5.74) is 2.50. The number of hydrogen-bond acceptors (Lipinski definition) is 6. The number of para-hydroxylation sites is 1. The van der Waals surface area contributed by atoms with Crippen LogP contribution in [0.4, 0.5) is 0 Å². The van der Waals surface area contributed by atoms with Gasteiger partial charge < -0.3 is 4.52 Å². The molecule has 0 amide bonds. The Labute approximate surface area is 179 Å². The van der Waals surface area contributed by atoms with Gasteiger partial charge in [-0.25, -0.2) is 4.98 Å². The van der Waals surface area contributed by atoms with Crippen LogP contribution in [0.2, 0.25) is 0 Å². The molecule has 0 saturated heterocycles. The minimum Gasteiger partial charge on any atom is -0.338 e. The van der Waals surface area contributed by atoms with Crippen molar-refractivity contribution in [3.8, 4) is 5.69 Å². The summed E-state index contributed by atoms with van der Waals surface area (Å²) in [5.74, 6) is 1.27. The van der Waals surface area contributed by atoms with Gasteiger partial charge in [-0.1, -0.05) is 60.1 Å². The molecule has 2 heterocycles. The van der Waals surface area contributed by atoms with Gasteiger partial charge in [0.2, 0.25) is 5.89 Å². The van der Waals surface area contributed by atoms with Crippen molar-refractivity contribution in [1.29, 1.82) is 0 Å². The largest absolute Gasteiger partial charge is 0.338 e. The highest BCUT2D eigenvalue weighted by molar-refractivity contribution is 7.99. The Bertz CT molecular complexity index is 1210. The molecule has 2 aromatic heterocycles. The van der Waals surface area contributed by atoms with Crippen LogP contribution in [0, 0.1) is 6.92 Å². The van der Waals surface area contributed by atoms with Crippen molar-refractivity contribution in [3.63, 3.8) is 0 Å². The van der Waals surface area contributed by atoms with E-state index in [4.69, 9.17) is 9.51 Å². The second kappa shape index (κ2) is 8.83. The first-order chi connectivity index (χ1) is 14.6. The fourth-order valence-corrected chi connectivity index (χ4v) is 4.15. The van der Waals surface area contributed by atoms with E-state index in [0.29, 0.717) is 22.0 Å². The summed E-state index contributed by atoms with van der Waals surface area (Å²) >= 11 is 1.44. The van der Waals surface area contributed by atoms with Crippen LogP contribution < -0.4 is 5.56 Å². The number of thioether (sulfide) groups is 1. The molecule has 0 saturated carbocycles. The van der Waals surface area contributed by atoms with Gasteiger partial charge in [0.25, 0.3) is 5.56 Å². The van der Waals surface area contributed by atoms with E-state index in [1.807, 2.05) is 62.4 Å². The highest BCUT2D eigenvalue weighted by Crippen LogP contribution is 2.34. The lowest BCUT2D eigenvalue weighted by Crippen LogP contribution is -2.22. The molecule has 0 aliphatic heterocycles. The number of fused-ring (bicyclic) bond motifs is 1. The zero-order chi connectivity index (χ0) is 21.1. The summed E-state index contributed by atoms with van der Waals surface area (Å²) in [5, 5.41) is 5.14. The van der Waals surface area contributed by atoms with Crippen LogP contribution in [-0.4, -0.2) is 19.7 Å². The lowest BCUT2D eigenvalue weighted by Gasteiger charge is -2.15. The molecule has 0 aliphatic rings. The van der Waals surface area contributed by atoms with Gasteiger partial charge >= 0.3 is 0 Å². The van der Waals surface area contributed by atoms with Crippen molar-refractivity contribution in [2.75, 3.05) is 0 Å². The summed E-state index contributed by atoms with van der Waals surface area (Å²) in [6.07, 6.45) is 2.91. The fraction of sp³-hybridized carbons (Fsp3) is 0.304. The van der Waals surface area contributed by atoms with Crippen LogP contribution in [-0.2, 0) is 6.42 Å².